The van der Waals surface area contributed by atoms with E-state index in [1.807, 2.05) is 56.3 Å². The molecule has 0 aliphatic heterocycles. The maximum atomic E-state index is 10.3. The van der Waals surface area contributed by atoms with Gasteiger partial charge in [-0.1, -0.05) is 54.6 Å². The maximum absolute atomic E-state index is 10.3. The molecule has 156 valence electrons. The Balaban J connectivity index is 1.71. The molecule has 31 heavy (non-hydrogen) atoms. The molecule has 3 aromatic rings. The highest BCUT2D eigenvalue weighted by Gasteiger charge is 2.26. The van der Waals surface area contributed by atoms with Crippen molar-refractivity contribution in [1.82, 2.24) is 0 Å². The summed E-state index contributed by atoms with van der Waals surface area (Å²) in [4.78, 5) is 0. The number of nitrogens with zero attached hydrogens (tertiary/aromatic N) is 4. The molecule has 3 aromatic carbocycles. The number of hydrogen-bond donors (Lipinski definition) is 1. The Morgan fingerprint density at radius 2 is 1.68 bits per heavy atom. The molecule has 1 aliphatic rings. The molecule has 1 unspecified atom stereocenters. The number of benzene rings is 3. The standard InChI is InChI=1S/C26H26N4O/c1-17-12-14-22(19(3)24(17)29-30-26(4)16-8-7-9-18(26)2)27-28-25-21-11-6-5-10-20(21)13-15-23(25)31/h5-15,31H,16H2,1-4H3. The summed E-state index contributed by atoms with van der Waals surface area (Å²) in [7, 11) is 0. The second-order valence-corrected chi connectivity index (χ2v) is 8.19. The van der Waals surface area contributed by atoms with Gasteiger partial charge in [-0.25, -0.2) is 0 Å². The molecule has 0 aromatic heterocycles. The third kappa shape index (κ3) is 4.04. The lowest BCUT2D eigenvalue weighted by Gasteiger charge is -2.25. The Morgan fingerprint density at radius 3 is 2.48 bits per heavy atom. The maximum Gasteiger partial charge on any atom is 0.143 e. The Kier molecular flexibility index (Phi) is 5.51. The number of azo groups is 2. The first-order valence-corrected chi connectivity index (χ1v) is 10.4. The largest absolute Gasteiger partial charge is 0.506 e. The first kappa shape index (κ1) is 20.7. The molecule has 1 atom stereocenters. The molecular formula is C26H26N4O. The fourth-order valence-corrected chi connectivity index (χ4v) is 3.67. The zero-order valence-electron chi connectivity index (χ0n) is 18.3. The van der Waals surface area contributed by atoms with Crippen LogP contribution in [0.3, 0.4) is 0 Å². The van der Waals surface area contributed by atoms with Gasteiger partial charge in [0.15, 0.2) is 0 Å². The van der Waals surface area contributed by atoms with Crippen LogP contribution in [0.2, 0.25) is 0 Å². The molecule has 0 radical (unpaired) electrons. The average molecular weight is 411 g/mol. The van der Waals surface area contributed by atoms with Crippen molar-refractivity contribution in [2.45, 2.75) is 39.7 Å². The summed E-state index contributed by atoms with van der Waals surface area (Å²) in [6, 6.07) is 15.2. The van der Waals surface area contributed by atoms with Gasteiger partial charge in [-0.3, -0.25) is 0 Å². The van der Waals surface area contributed by atoms with Crippen LogP contribution in [0, 0.1) is 13.8 Å². The van der Waals surface area contributed by atoms with E-state index >= 15 is 0 Å². The van der Waals surface area contributed by atoms with Gasteiger partial charge in [-0.15, -0.1) is 5.11 Å². The zero-order chi connectivity index (χ0) is 22.0. The summed E-state index contributed by atoms with van der Waals surface area (Å²) in [6.07, 6.45) is 7.10. The normalized spacial score (nSPS) is 18.9. The van der Waals surface area contributed by atoms with Crippen molar-refractivity contribution in [3.05, 3.63) is 83.5 Å². The van der Waals surface area contributed by atoms with E-state index in [1.54, 1.807) is 6.07 Å². The van der Waals surface area contributed by atoms with Crippen LogP contribution in [0.15, 0.2) is 92.8 Å². The molecule has 0 saturated carbocycles. The minimum atomic E-state index is -0.333. The number of fused-ring (bicyclic) bond motifs is 1. The highest BCUT2D eigenvalue weighted by molar-refractivity contribution is 5.95. The number of phenols is 1. The van der Waals surface area contributed by atoms with Gasteiger partial charge < -0.3 is 5.11 Å². The van der Waals surface area contributed by atoms with Crippen molar-refractivity contribution >= 4 is 27.8 Å². The molecule has 1 N–H and O–H groups in total. The topological polar surface area (TPSA) is 69.7 Å². The molecule has 0 saturated heterocycles. The van der Waals surface area contributed by atoms with E-state index in [0.717, 1.165) is 34.0 Å². The van der Waals surface area contributed by atoms with Gasteiger partial charge in [0.05, 0.1) is 11.4 Å². The van der Waals surface area contributed by atoms with Gasteiger partial charge in [0.25, 0.3) is 0 Å². The van der Waals surface area contributed by atoms with Crippen LogP contribution in [0.25, 0.3) is 10.8 Å². The van der Waals surface area contributed by atoms with Gasteiger partial charge in [0, 0.05) is 10.9 Å². The molecule has 0 fully saturated rings. The van der Waals surface area contributed by atoms with Crippen molar-refractivity contribution in [3.8, 4) is 5.75 Å². The van der Waals surface area contributed by atoms with Gasteiger partial charge in [0.2, 0.25) is 0 Å². The van der Waals surface area contributed by atoms with Crippen LogP contribution in [0.4, 0.5) is 17.1 Å². The summed E-state index contributed by atoms with van der Waals surface area (Å²) in [6.45, 7) is 8.18. The van der Waals surface area contributed by atoms with Crippen molar-refractivity contribution < 1.29 is 5.11 Å². The van der Waals surface area contributed by atoms with Crippen LogP contribution < -0.4 is 0 Å². The summed E-state index contributed by atoms with van der Waals surface area (Å²) >= 11 is 0. The molecule has 5 heteroatoms. The van der Waals surface area contributed by atoms with E-state index in [1.165, 1.54) is 5.57 Å². The fourth-order valence-electron chi connectivity index (χ4n) is 3.67. The molecule has 0 amide bonds. The second-order valence-electron chi connectivity index (χ2n) is 8.19. The SMILES string of the molecule is CC1=CC=CCC1(C)N=Nc1c(C)ccc(N=Nc2c(O)ccc3ccccc23)c1C. The Bertz CT molecular complexity index is 1270. The van der Waals surface area contributed by atoms with Gasteiger partial charge in [-0.05, 0) is 62.8 Å². The van der Waals surface area contributed by atoms with Crippen LogP contribution >= 0.6 is 0 Å². The van der Waals surface area contributed by atoms with E-state index in [9.17, 15) is 5.11 Å². The smallest absolute Gasteiger partial charge is 0.143 e. The molecular weight excluding hydrogens is 384 g/mol. The molecule has 1 aliphatic carbocycles. The van der Waals surface area contributed by atoms with E-state index in [4.69, 9.17) is 5.11 Å². The zero-order valence-corrected chi connectivity index (χ0v) is 18.3. The highest BCUT2D eigenvalue weighted by Crippen LogP contribution is 2.39. The molecule has 0 spiro atoms. The lowest BCUT2D eigenvalue weighted by molar-refractivity contribution is 0.477. The van der Waals surface area contributed by atoms with Crippen molar-refractivity contribution in [2.24, 2.45) is 20.5 Å². The summed E-state index contributed by atoms with van der Waals surface area (Å²) in [5.74, 6) is 0.104. The van der Waals surface area contributed by atoms with E-state index < -0.39 is 0 Å². The Morgan fingerprint density at radius 1 is 0.871 bits per heavy atom. The highest BCUT2D eigenvalue weighted by atomic mass is 16.3. The van der Waals surface area contributed by atoms with Gasteiger partial charge in [0.1, 0.15) is 17.0 Å². The van der Waals surface area contributed by atoms with E-state index in [-0.39, 0.29) is 11.3 Å². The number of hydrogen-bond acceptors (Lipinski definition) is 5. The quantitative estimate of drug-likeness (QED) is 0.431. The Labute approximate surface area is 182 Å². The number of allylic oxidation sites excluding steroid dienone is 2. The van der Waals surface area contributed by atoms with E-state index in [0.29, 0.717) is 11.4 Å². The van der Waals surface area contributed by atoms with Crippen molar-refractivity contribution in [1.29, 1.82) is 0 Å². The Hall–Kier alpha value is -3.60. The molecule has 0 bridgehead atoms. The summed E-state index contributed by atoms with van der Waals surface area (Å²) < 4.78 is 0. The number of rotatable bonds is 4. The number of aryl methyl sites for hydroxylation is 1. The lowest BCUT2D eigenvalue weighted by atomic mass is 9.87. The van der Waals surface area contributed by atoms with Gasteiger partial charge >= 0.3 is 0 Å². The molecule has 0 heterocycles. The third-order valence-corrected chi connectivity index (χ3v) is 5.96. The predicted octanol–water partition coefficient (Wildman–Crippen LogP) is 8.33. The van der Waals surface area contributed by atoms with Crippen LogP contribution in [0.5, 0.6) is 5.75 Å². The monoisotopic (exact) mass is 410 g/mol. The van der Waals surface area contributed by atoms with Gasteiger partial charge in [-0.2, -0.15) is 15.3 Å². The minimum Gasteiger partial charge on any atom is -0.506 e. The van der Waals surface area contributed by atoms with Crippen LogP contribution in [0.1, 0.15) is 31.4 Å². The third-order valence-electron chi connectivity index (χ3n) is 5.96. The fraction of sp³-hybridized carbons (Fsp3) is 0.231. The van der Waals surface area contributed by atoms with Crippen molar-refractivity contribution in [3.63, 3.8) is 0 Å². The summed E-state index contributed by atoms with van der Waals surface area (Å²) in [5, 5.41) is 30.4. The molecule has 4 rings (SSSR count). The van der Waals surface area contributed by atoms with E-state index in [2.05, 4.69) is 47.4 Å². The first-order valence-electron chi connectivity index (χ1n) is 10.4. The second kappa shape index (κ2) is 8.26. The lowest BCUT2D eigenvalue weighted by Crippen LogP contribution is -2.23. The molecule has 5 nitrogen and oxygen atoms in total. The van der Waals surface area contributed by atoms with Crippen LogP contribution in [-0.2, 0) is 0 Å². The first-order chi connectivity index (χ1) is 14.9. The number of aromatic hydroxyl groups is 1. The minimum absolute atomic E-state index is 0.104. The van der Waals surface area contributed by atoms with Crippen molar-refractivity contribution in [2.75, 3.05) is 0 Å². The summed E-state index contributed by atoms with van der Waals surface area (Å²) in [5.41, 5.74) is 4.77. The average Bonchev–Trinajstić information content (AvgIpc) is 2.76. The predicted molar refractivity (Wildman–Crippen MR) is 126 cm³/mol. The number of phenolic OH excluding ortho intramolecular Hbond substituents is 1. The van der Waals surface area contributed by atoms with Crippen LogP contribution in [-0.4, -0.2) is 10.6 Å².